The zero-order valence-corrected chi connectivity index (χ0v) is 22.0. The third-order valence-corrected chi connectivity index (χ3v) is 12.6. The molecular formula is C34H25NO2Si. The van der Waals surface area contributed by atoms with E-state index in [-0.39, 0.29) is 5.43 Å². The summed E-state index contributed by atoms with van der Waals surface area (Å²) in [4.78, 5) is 15.1. The summed E-state index contributed by atoms with van der Waals surface area (Å²) in [6, 6.07) is 45.4. The molecule has 6 aromatic rings. The van der Waals surface area contributed by atoms with Gasteiger partial charge < -0.3 is 9.32 Å². The molecule has 0 saturated carbocycles. The predicted molar refractivity (Wildman–Crippen MR) is 159 cm³/mol. The second-order valence-electron chi connectivity index (χ2n) is 9.78. The van der Waals surface area contributed by atoms with Gasteiger partial charge in [-0.2, -0.15) is 0 Å². The van der Waals surface area contributed by atoms with Crippen LogP contribution in [0.1, 0.15) is 5.56 Å². The van der Waals surface area contributed by atoms with Crippen molar-refractivity contribution in [2.75, 3.05) is 4.90 Å². The molecule has 38 heavy (non-hydrogen) atoms. The molecule has 0 radical (unpaired) electrons. The standard InChI is InChI=1S/C34H25NO2Si/c1-24-23-37-31-22-25(20-21-28(31)34(24)36)35-29-16-8-10-18-32(29)38(26-12-4-2-5-13-26,27-14-6-3-7-15-27)33-19-11-9-17-30(33)35/h2-23H,1H3. The highest BCUT2D eigenvalue weighted by Crippen LogP contribution is 2.38. The highest BCUT2D eigenvalue weighted by Gasteiger charge is 2.48. The van der Waals surface area contributed by atoms with Crippen molar-refractivity contribution in [1.29, 1.82) is 0 Å². The maximum Gasteiger partial charge on any atom is 0.195 e. The quantitative estimate of drug-likeness (QED) is 0.306. The largest absolute Gasteiger partial charge is 0.464 e. The van der Waals surface area contributed by atoms with Gasteiger partial charge in [-0.15, -0.1) is 0 Å². The van der Waals surface area contributed by atoms with E-state index >= 15 is 0 Å². The molecule has 5 aromatic carbocycles. The van der Waals surface area contributed by atoms with E-state index in [0.29, 0.717) is 16.5 Å². The summed E-state index contributed by atoms with van der Waals surface area (Å²) in [7, 11) is -2.64. The first-order valence-electron chi connectivity index (χ1n) is 12.8. The Balaban J connectivity index is 1.58. The lowest BCUT2D eigenvalue weighted by Crippen LogP contribution is -2.77. The molecule has 1 aliphatic heterocycles. The van der Waals surface area contributed by atoms with Crippen LogP contribution in [0.2, 0.25) is 0 Å². The predicted octanol–water partition coefficient (Wildman–Crippen LogP) is 5.26. The minimum Gasteiger partial charge on any atom is -0.464 e. The number of aryl methyl sites for hydroxylation is 1. The third kappa shape index (κ3) is 3.17. The first-order chi connectivity index (χ1) is 18.7. The Bertz CT molecular complexity index is 1770. The Morgan fingerprint density at radius 2 is 1.16 bits per heavy atom. The molecule has 0 bridgehead atoms. The fourth-order valence-corrected chi connectivity index (χ4v) is 11.1. The van der Waals surface area contributed by atoms with Crippen molar-refractivity contribution in [3.8, 4) is 0 Å². The van der Waals surface area contributed by atoms with Crippen molar-refractivity contribution in [1.82, 2.24) is 0 Å². The van der Waals surface area contributed by atoms with Gasteiger partial charge in [-0.25, -0.2) is 0 Å². The Hall–Kier alpha value is -4.67. The van der Waals surface area contributed by atoms with Gasteiger partial charge in [0.25, 0.3) is 0 Å². The van der Waals surface area contributed by atoms with E-state index < -0.39 is 8.07 Å². The van der Waals surface area contributed by atoms with E-state index in [1.807, 2.05) is 18.2 Å². The molecule has 0 atom stereocenters. The first-order valence-corrected chi connectivity index (χ1v) is 14.8. The fraction of sp³-hybridized carbons (Fsp3) is 0.0294. The van der Waals surface area contributed by atoms with E-state index in [0.717, 1.165) is 17.1 Å². The van der Waals surface area contributed by atoms with Gasteiger partial charge in [0, 0.05) is 28.7 Å². The number of anilines is 3. The number of hydrogen-bond acceptors (Lipinski definition) is 3. The molecule has 1 aliphatic rings. The van der Waals surface area contributed by atoms with Crippen LogP contribution in [0.15, 0.2) is 143 Å². The second-order valence-corrected chi connectivity index (χ2v) is 13.5. The smallest absolute Gasteiger partial charge is 0.195 e. The topological polar surface area (TPSA) is 33.5 Å². The number of hydrogen-bond donors (Lipinski definition) is 0. The van der Waals surface area contributed by atoms with E-state index in [1.165, 1.54) is 20.7 Å². The van der Waals surface area contributed by atoms with E-state index in [2.05, 4.69) is 114 Å². The third-order valence-electron chi connectivity index (χ3n) is 7.70. The molecule has 2 heterocycles. The average molecular weight is 508 g/mol. The summed E-state index contributed by atoms with van der Waals surface area (Å²) in [5.74, 6) is 0. The highest BCUT2D eigenvalue weighted by atomic mass is 28.3. The summed E-state index contributed by atoms with van der Waals surface area (Å²) in [6.45, 7) is 1.79. The number of para-hydroxylation sites is 2. The van der Waals surface area contributed by atoms with Crippen molar-refractivity contribution >= 4 is 56.9 Å². The Morgan fingerprint density at radius 3 is 1.74 bits per heavy atom. The normalized spacial score (nSPS) is 13.7. The van der Waals surface area contributed by atoms with Gasteiger partial charge in [-0.05, 0) is 51.9 Å². The number of rotatable bonds is 3. The molecular weight excluding hydrogens is 482 g/mol. The fourth-order valence-electron chi connectivity index (χ4n) is 6.04. The van der Waals surface area contributed by atoms with Crippen LogP contribution in [-0.2, 0) is 0 Å². The maximum atomic E-state index is 12.7. The van der Waals surface area contributed by atoms with Crippen LogP contribution in [0, 0.1) is 6.92 Å². The highest BCUT2D eigenvalue weighted by molar-refractivity contribution is 7.21. The Kier molecular flexibility index (Phi) is 5.17. The van der Waals surface area contributed by atoms with Crippen molar-refractivity contribution < 1.29 is 4.42 Å². The summed E-state index contributed by atoms with van der Waals surface area (Å²) in [5, 5.41) is 5.98. The van der Waals surface area contributed by atoms with Crippen LogP contribution in [0.3, 0.4) is 0 Å². The molecule has 3 nitrogen and oxygen atoms in total. The molecule has 0 unspecified atom stereocenters. The van der Waals surface area contributed by atoms with Gasteiger partial charge in [0.15, 0.2) is 13.5 Å². The molecule has 0 spiro atoms. The van der Waals surface area contributed by atoms with Gasteiger partial charge in [-0.3, -0.25) is 4.79 Å². The molecule has 0 saturated heterocycles. The van der Waals surface area contributed by atoms with Crippen LogP contribution in [-0.4, -0.2) is 8.07 Å². The monoisotopic (exact) mass is 507 g/mol. The molecule has 1 aromatic heterocycles. The zero-order valence-electron chi connectivity index (χ0n) is 21.0. The summed E-state index contributed by atoms with van der Waals surface area (Å²) >= 11 is 0. The van der Waals surface area contributed by atoms with Crippen LogP contribution in [0.25, 0.3) is 11.0 Å². The zero-order chi connectivity index (χ0) is 25.7. The molecule has 0 aliphatic carbocycles. The molecule has 182 valence electrons. The van der Waals surface area contributed by atoms with Gasteiger partial charge in [0.1, 0.15) is 5.58 Å². The second kappa shape index (κ2) is 8.72. The lowest BCUT2D eigenvalue weighted by atomic mass is 10.1. The molecule has 0 fully saturated rings. The van der Waals surface area contributed by atoms with Crippen molar-refractivity contribution in [3.05, 3.63) is 149 Å². The molecule has 7 rings (SSSR count). The maximum absolute atomic E-state index is 12.7. The lowest BCUT2D eigenvalue weighted by Gasteiger charge is -2.45. The van der Waals surface area contributed by atoms with E-state index in [4.69, 9.17) is 4.42 Å². The Morgan fingerprint density at radius 1 is 0.632 bits per heavy atom. The van der Waals surface area contributed by atoms with Crippen molar-refractivity contribution in [2.45, 2.75) is 6.92 Å². The van der Waals surface area contributed by atoms with Crippen LogP contribution in [0.4, 0.5) is 17.1 Å². The van der Waals surface area contributed by atoms with Crippen molar-refractivity contribution in [3.63, 3.8) is 0 Å². The summed E-state index contributed by atoms with van der Waals surface area (Å²) in [5.41, 5.74) is 4.48. The van der Waals surface area contributed by atoms with Gasteiger partial charge in [0.2, 0.25) is 0 Å². The average Bonchev–Trinajstić information content (AvgIpc) is 2.98. The van der Waals surface area contributed by atoms with Crippen molar-refractivity contribution in [2.24, 2.45) is 0 Å². The van der Waals surface area contributed by atoms with E-state index in [9.17, 15) is 4.79 Å². The van der Waals surface area contributed by atoms with E-state index in [1.54, 1.807) is 13.2 Å². The minimum atomic E-state index is -2.64. The lowest BCUT2D eigenvalue weighted by molar-refractivity contribution is 0.597. The van der Waals surface area contributed by atoms with Gasteiger partial charge >= 0.3 is 0 Å². The Labute approximate surface area is 222 Å². The number of fused-ring (bicyclic) bond motifs is 3. The molecule has 0 N–H and O–H groups in total. The van der Waals surface area contributed by atoms with Crippen LogP contribution in [0.5, 0.6) is 0 Å². The number of benzene rings is 5. The SMILES string of the molecule is Cc1coc2cc(N3c4ccccc4[Si](c4ccccc4)(c4ccccc4)c4ccccc43)ccc2c1=O. The summed E-state index contributed by atoms with van der Waals surface area (Å²) in [6.07, 6.45) is 1.55. The minimum absolute atomic E-state index is 0.0109. The number of nitrogens with zero attached hydrogens (tertiary/aromatic N) is 1. The molecule has 4 heteroatoms. The van der Waals surface area contributed by atoms with Gasteiger partial charge in [-0.1, -0.05) is 97.1 Å². The van der Waals surface area contributed by atoms with Crippen LogP contribution < -0.4 is 31.1 Å². The summed E-state index contributed by atoms with van der Waals surface area (Å²) < 4.78 is 5.89. The first kappa shape index (κ1) is 22.5. The van der Waals surface area contributed by atoms with Crippen LogP contribution >= 0.6 is 0 Å². The molecule has 0 amide bonds. The van der Waals surface area contributed by atoms with Gasteiger partial charge in [0.05, 0.1) is 11.6 Å².